The number of carbonyl (C=O) groups is 2. The first-order valence-corrected chi connectivity index (χ1v) is 3.47. The van der Waals surface area contributed by atoms with E-state index in [2.05, 4.69) is 5.32 Å². The van der Waals surface area contributed by atoms with Gasteiger partial charge in [-0.3, -0.25) is 4.79 Å². The Morgan fingerprint density at radius 3 is 2.36 bits per heavy atom. The van der Waals surface area contributed by atoms with Crippen molar-refractivity contribution in [3.8, 4) is 0 Å². The summed E-state index contributed by atoms with van der Waals surface area (Å²) in [5.74, 6) is -0.889. The Labute approximate surface area is 65.6 Å². The Kier molecular flexibility index (Phi) is 4.45. The molecule has 2 N–H and O–H groups in total. The molecule has 0 amide bonds. The van der Waals surface area contributed by atoms with E-state index in [1.807, 2.05) is 0 Å². The highest BCUT2D eigenvalue weighted by molar-refractivity contribution is 5.78. The van der Waals surface area contributed by atoms with Gasteiger partial charge in [0.1, 0.15) is 11.8 Å². The largest absolute Gasteiger partial charge is 0.480 e. The van der Waals surface area contributed by atoms with E-state index in [0.717, 1.165) is 0 Å². The van der Waals surface area contributed by atoms with E-state index in [-0.39, 0.29) is 5.78 Å². The molecule has 4 heteroatoms. The number of Topliss-reactive ketones (excluding diaryl/α,β-unsaturated/α-hetero) is 1. The zero-order valence-electron chi connectivity index (χ0n) is 6.76. The first-order chi connectivity index (χ1) is 5.07. The average molecular weight is 159 g/mol. The summed E-state index contributed by atoms with van der Waals surface area (Å²) in [4.78, 5) is 20.8. The number of carboxylic acids is 1. The number of carboxylic acid groups (broad SMARTS) is 1. The number of hydrogen-bond acceptors (Lipinski definition) is 3. The third kappa shape index (κ3) is 4.50. The fraction of sp³-hybridized carbons (Fsp3) is 0.714. The molecule has 0 spiro atoms. The van der Waals surface area contributed by atoms with Crippen LogP contribution in [-0.4, -0.2) is 29.9 Å². The lowest BCUT2D eigenvalue weighted by molar-refractivity contribution is -0.139. The van der Waals surface area contributed by atoms with Crippen molar-refractivity contribution in [1.29, 1.82) is 0 Å². The smallest absolute Gasteiger partial charge is 0.320 e. The van der Waals surface area contributed by atoms with Gasteiger partial charge in [0.15, 0.2) is 0 Å². The average Bonchev–Trinajstić information content (AvgIpc) is 1.87. The van der Waals surface area contributed by atoms with Crippen LogP contribution in [0, 0.1) is 0 Å². The number of carbonyl (C=O) groups excluding carboxylic acids is 1. The Morgan fingerprint density at radius 2 is 2.09 bits per heavy atom. The predicted molar refractivity (Wildman–Crippen MR) is 40.4 cm³/mol. The molecule has 0 aromatic rings. The van der Waals surface area contributed by atoms with Gasteiger partial charge in [0.2, 0.25) is 0 Å². The fourth-order valence-corrected chi connectivity index (χ4v) is 0.739. The van der Waals surface area contributed by atoms with Gasteiger partial charge in [0.25, 0.3) is 0 Å². The molecule has 64 valence electrons. The van der Waals surface area contributed by atoms with Crippen molar-refractivity contribution in [2.45, 2.75) is 25.8 Å². The Bertz CT molecular complexity index is 156. The van der Waals surface area contributed by atoms with Gasteiger partial charge in [0.05, 0.1) is 0 Å². The lowest BCUT2D eigenvalue weighted by Crippen LogP contribution is -2.34. The Balaban J connectivity index is 3.70. The lowest BCUT2D eigenvalue weighted by atomic mass is 10.1. The van der Waals surface area contributed by atoms with E-state index < -0.39 is 12.0 Å². The summed E-state index contributed by atoms with van der Waals surface area (Å²) in [7, 11) is 1.57. The summed E-state index contributed by atoms with van der Waals surface area (Å²) >= 11 is 0. The molecule has 11 heavy (non-hydrogen) atoms. The molecule has 0 aliphatic heterocycles. The van der Waals surface area contributed by atoms with E-state index in [4.69, 9.17) is 5.11 Å². The van der Waals surface area contributed by atoms with Gasteiger partial charge in [-0.05, 0) is 20.4 Å². The van der Waals surface area contributed by atoms with Crippen LogP contribution in [0.15, 0.2) is 0 Å². The number of aliphatic carboxylic acids is 1. The van der Waals surface area contributed by atoms with Crippen LogP contribution in [0.4, 0.5) is 0 Å². The van der Waals surface area contributed by atoms with Crippen LogP contribution in [0.5, 0.6) is 0 Å². The Morgan fingerprint density at radius 1 is 1.55 bits per heavy atom. The third-order valence-electron chi connectivity index (χ3n) is 1.43. The van der Waals surface area contributed by atoms with E-state index in [1.54, 1.807) is 7.05 Å². The van der Waals surface area contributed by atoms with Crippen molar-refractivity contribution in [3.63, 3.8) is 0 Å². The van der Waals surface area contributed by atoms with E-state index in [9.17, 15) is 9.59 Å². The predicted octanol–water partition coefficient (Wildman–Crippen LogP) is 0.0282. The van der Waals surface area contributed by atoms with Crippen LogP contribution >= 0.6 is 0 Å². The molecule has 0 heterocycles. The molecule has 0 aliphatic carbocycles. The summed E-state index contributed by atoms with van der Waals surface area (Å²) in [5, 5.41) is 11.1. The van der Waals surface area contributed by atoms with Gasteiger partial charge in [-0.2, -0.15) is 0 Å². The van der Waals surface area contributed by atoms with Crippen LogP contribution < -0.4 is 5.32 Å². The zero-order chi connectivity index (χ0) is 8.85. The summed E-state index contributed by atoms with van der Waals surface area (Å²) in [5.41, 5.74) is 0. The molecular formula is C7H13NO3. The second-order valence-electron chi connectivity index (χ2n) is 2.42. The molecule has 0 saturated heterocycles. The van der Waals surface area contributed by atoms with E-state index in [0.29, 0.717) is 12.8 Å². The van der Waals surface area contributed by atoms with Crippen molar-refractivity contribution in [2.75, 3.05) is 7.05 Å². The fourth-order valence-electron chi connectivity index (χ4n) is 0.739. The van der Waals surface area contributed by atoms with Crippen LogP contribution in [0.1, 0.15) is 19.8 Å². The van der Waals surface area contributed by atoms with Gasteiger partial charge >= 0.3 is 5.97 Å². The maximum absolute atomic E-state index is 10.5. The normalized spacial score (nSPS) is 12.5. The van der Waals surface area contributed by atoms with Gasteiger partial charge in [-0.25, -0.2) is 0 Å². The van der Waals surface area contributed by atoms with Crippen molar-refractivity contribution in [3.05, 3.63) is 0 Å². The second kappa shape index (κ2) is 4.85. The summed E-state index contributed by atoms with van der Waals surface area (Å²) in [6.45, 7) is 1.45. The molecule has 0 aliphatic rings. The lowest BCUT2D eigenvalue weighted by Gasteiger charge is -2.08. The van der Waals surface area contributed by atoms with Crippen LogP contribution in [-0.2, 0) is 9.59 Å². The number of likely N-dealkylation sites (N-methyl/N-ethyl adjacent to an activating group) is 1. The zero-order valence-corrected chi connectivity index (χ0v) is 6.76. The molecule has 0 aromatic carbocycles. The summed E-state index contributed by atoms with van der Waals surface area (Å²) < 4.78 is 0. The highest BCUT2D eigenvalue weighted by Gasteiger charge is 2.14. The van der Waals surface area contributed by atoms with Crippen molar-refractivity contribution in [1.82, 2.24) is 5.32 Å². The van der Waals surface area contributed by atoms with Crippen LogP contribution in [0.3, 0.4) is 0 Å². The van der Waals surface area contributed by atoms with E-state index >= 15 is 0 Å². The minimum atomic E-state index is -0.909. The first kappa shape index (κ1) is 10.1. The maximum atomic E-state index is 10.5. The van der Waals surface area contributed by atoms with Crippen molar-refractivity contribution < 1.29 is 14.7 Å². The highest BCUT2D eigenvalue weighted by Crippen LogP contribution is 1.97. The summed E-state index contributed by atoms with van der Waals surface area (Å²) in [6.07, 6.45) is 0.680. The molecule has 4 nitrogen and oxygen atoms in total. The van der Waals surface area contributed by atoms with Crippen LogP contribution in [0.2, 0.25) is 0 Å². The van der Waals surface area contributed by atoms with Crippen LogP contribution in [0.25, 0.3) is 0 Å². The topological polar surface area (TPSA) is 66.4 Å². The monoisotopic (exact) mass is 159 g/mol. The highest BCUT2D eigenvalue weighted by atomic mass is 16.4. The molecule has 0 rings (SSSR count). The maximum Gasteiger partial charge on any atom is 0.320 e. The Hall–Kier alpha value is -0.900. The molecule has 1 atom stereocenters. The standard InChI is InChI=1S/C7H13NO3/c1-5(9)3-4-6(8-2)7(10)11/h6,8H,3-4H2,1-2H3,(H,10,11). The molecule has 0 aromatic heterocycles. The number of ketones is 1. The SMILES string of the molecule is CNC(CCC(C)=O)C(=O)O. The molecule has 1 unspecified atom stereocenters. The van der Waals surface area contributed by atoms with Gasteiger partial charge in [0, 0.05) is 6.42 Å². The minimum Gasteiger partial charge on any atom is -0.480 e. The van der Waals surface area contributed by atoms with E-state index in [1.165, 1.54) is 6.92 Å². The number of nitrogens with one attached hydrogen (secondary N) is 1. The van der Waals surface area contributed by atoms with Gasteiger partial charge in [-0.15, -0.1) is 0 Å². The van der Waals surface area contributed by atoms with Crippen molar-refractivity contribution >= 4 is 11.8 Å². The second-order valence-corrected chi connectivity index (χ2v) is 2.42. The molecular weight excluding hydrogens is 146 g/mol. The van der Waals surface area contributed by atoms with Crippen molar-refractivity contribution in [2.24, 2.45) is 0 Å². The quantitative estimate of drug-likeness (QED) is 0.594. The molecule has 0 radical (unpaired) electrons. The third-order valence-corrected chi connectivity index (χ3v) is 1.43. The number of rotatable bonds is 5. The first-order valence-electron chi connectivity index (χ1n) is 3.47. The van der Waals surface area contributed by atoms with Gasteiger partial charge in [-0.1, -0.05) is 0 Å². The van der Waals surface area contributed by atoms with Gasteiger partial charge < -0.3 is 15.2 Å². The minimum absolute atomic E-state index is 0.0199. The summed E-state index contributed by atoms with van der Waals surface area (Å²) in [6, 6.07) is -0.598. The number of hydrogen-bond donors (Lipinski definition) is 2. The molecule has 0 bridgehead atoms. The molecule has 0 fully saturated rings. The molecule has 0 saturated carbocycles.